The zero-order chi connectivity index (χ0) is 24.6. The molecule has 0 radical (unpaired) electrons. The fourth-order valence-electron chi connectivity index (χ4n) is 4.86. The average molecular weight is 452 g/mol. The minimum Gasteiger partial charge on any atom is -0.507 e. The Hall–Kier alpha value is -2.04. The van der Waals surface area contributed by atoms with Crippen molar-refractivity contribution in [2.75, 3.05) is 51.7 Å². The molecule has 182 valence electrons. The minimum absolute atomic E-state index is 0.139. The summed E-state index contributed by atoms with van der Waals surface area (Å²) in [5, 5.41) is 11.3. The number of nitrogens with zero attached hydrogens (tertiary/aromatic N) is 3. The molecule has 1 saturated heterocycles. The van der Waals surface area contributed by atoms with Gasteiger partial charge in [0.25, 0.3) is 0 Å². The number of hydrogen-bond donors (Lipinski definition) is 1. The summed E-state index contributed by atoms with van der Waals surface area (Å²) in [5.74, 6) is 0.455. The first-order valence-electron chi connectivity index (χ1n) is 12.4. The van der Waals surface area contributed by atoms with E-state index >= 15 is 0 Å². The number of aromatic hydroxyl groups is 1. The van der Waals surface area contributed by atoms with E-state index in [1.807, 2.05) is 0 Å². The summed E-state index contributed by atoms with van der Waals surface area (Å²) in [6.07, 6.45) is 0. The molecule has 2 aromatic rings. The summed E-state index contributed by atoms with van der Waals surface area (Å²) >= 11 is 0. The normalized spacial score (nSPS) is 17.2. The minimum atomic E-state index is -0.139. The highest BCUT2D eigenvalue weighted by molar-refractivity contribution is 5.53. The van der Waals surface area contributed by atoms with Gasteiger partial charge in [-0.1, -0.05) is 60.6 Å². The first-order valence-corrected chi connectivity index (χ1v) is 12.4. The van der Waals surface area contributed by atoms with Crippen molar-refractivity contribution < 1.29 is 5.11 Å². The quantitative estimate of drug-likeness (QED) is 0.624. The molecule has 1 N–H and O–H groups in total. The summed E-state index contributed by atoms with van der Waals surface area (Å²) in [4.78, 5) is 7.30. The predicted octanol–water partition coefficient (Wildman–Crippen LogP) is 5.78. The Kier molecular flexibility index (Phi) is 7.50. The predicted molar refractivity (Wildman–Crippen MR) is 142 cm³/mol. The lowest BCUT2D eigenvalue weighted by Gasteiger charge is -2.40. The van der Waals surface area contributed by atoms with Crippen LogP contribution in [0.4, 0.5) is 5.69 Å². The Labute approximate surface area is 202 Å². The van der Waals surface area contributed by atoms with E-state index in [0.29, 0.717) is 5.75 Å². The van der Waals surface area contributed by atoms with Gasteiger partial charge in [-0.05, 0) is 63.9 Å². The number of phenolic OH excluding ortho intramolecular Hbond substituents is 1. The highest BCUT2D eigenvalue weighted by Crippen LogP contribution is 2.43. The van der Waals surface area contributed by atoms with Crippen LogP contribution in [0.5, 0.6) is 5.75 Å². The molecule has 0 saturated carbocycles. The zero-order valence-electron chi connectivity index (χ0n) is 22.4. The van der Waals surface area contributed by atoms with Crippen LogP contribution in [0.3, 0.4) is 0 Å². The molecule has 2 aromatic carbocycles. The SMILES string of the molecule is CCN1CCN([C@H](c2ccc(N(C)C)cc2)c2cc(C(C)(C)C)c(O)c(C(C)(C)C)c2)CC1. The second-order valence-corrected chi connectivity index (χ2v) is 11.8. The van der Waals surface area contributed by atoms with Crippen molar-refractivity contribution in [1.29, 1.82) is 0 Å². The molecule has 4 nitrogen and oxygen atoms in total. The number of likely N-dealkylation sites (N-methyl/N-ethyl adjacent to an activating group) is 1. The van der Waals surface area contributed by atoms with Gasteiger partial charge in [-0.2, -0.15) is 0 Å². The summed E-state index contributed by atoms with van der Waals surface area (Å²) in [6.45, 7) is 20.8. The molecule has 1 aliphatic rings. The van der Waals surface area contributed by atoms with Crippen LogP contribution in [0.1, 0.15) is 76.8 Å². The van der Waals surface area contributed by atoms with Gasteiger partial charge in [-0.15, -0.1) is 0 Å². The second kappa shape index (κ2) is 9.68. The van der Waals surface area contributed by atoms with Gasteiger partial charge in [0, 0.05) is 46.0 Å². The van der Waals surface area contributed by atoms with Gasteiger partial charge in [0.2, 0.25) is 0 Å². The van der Waals surface area contributed by atoms with Gasteiger partial charge in [-0.3, -0.25) is 4.90 Å². The van der Waals surface area contributed by atoms with Crippen LogP contribution in [0.2, 0.25) is 0 Å². The zero-order valence-corrected chi connectivity index (χ0v) is 22.4. The Balaban J connectivity index is 2.17. The van der Waals surface area contributed by atoms with Crippen molar-refractivity contribution >= 4 is 5.69 Å². The molecule has 1 aliphatic heterocycles. The number of benzene rings is 2. The molecule has 0 spiro atoms. The van der Waals surface area contributed by atoms with Crippen LogP contribution in [0.25, 0.3) is 0 Å². The van der Waals surface area contributed by atoms with E-state index < -0.39 is 0 Å². The molecule has 0 aromatic heterocycles. The van der Waals surface area contributed by atoms with E-state index in [9.17, 15) is 5.11 Å². The van der Waals surface area contributed by atoms with Crippen molar-refractivity contribution in [3.05, 3.63) is 58.7 Å². The lowest BCUT2D eigenvalue weighted by atomic mass is 9.77. The van der Waals surface area contributed by atoms with Crippen LogP contribution in [-0.4, -0.2) is 61.7 Å². The topological polar surface area (TPSA) is 30.0 Å². The van der Waals surface area contributed by atoms with Crippen molar-refractivity contribution in [3.63, 3.8) is 0 Å². The molecule has 3 rings (SSSR count). The van der Waals surface area contributed by atoms with E-state index in [1.54, 1.807) is 0 Å². The smallest absolute Gasteiger partial charge is 0.123 e. The number of phenols is 1. The Morgan fingerprint density at radius 3 is 1.70 bits per heavy atom. The first-order chi connectivity index (χ1) is 15.3. The Morgan fingerprint density at radius 1 is 0.818 bits per heavy atom. The summed E-state index contributed by atoms with van der Waals surface area (Å²) in [6, 6.07) is 13.7. The molecule has 1 heterocycles. The van der Waals surface area contributed by atoms with Crippen LogP contribution in [0.15, 0.2) is 36.4 Å². The molecule has 1 atom stereocenters. The molecule has 1 fully saturated rings. The highest BCUT2D eigenvalue weighted by atomic mass is 16.3. The average Bonchev–Trinajstić information content (AvgIpc) is 2.74. The molecule has 0 unspecified atom stereocenters. The summed E-state index contributed by atoms with van der Waals surface area (Å²) in [7, 11) is 4.17. The molecular formula is C29H45N3O. The van der Waals surface area contributed by atoms with E-state index in [0.717, 1.165) is 43.9 Å². The van der Waals surface area contributed by atoms with Gasteiger partial charge in [0.05, 0.1) is 6.04 Å². The summed E-state index contributed by atoms with van der Waals surface area (Å²) in [5.41, 5.74) is 5.60. The van der Waals surface area contributed by atoms with Gasteiger partial charge in [0.1, 0.15) is 5.75 Å². The van der Waals surface area contributed by atoms with Crippen molar-refractivity contribution in [2.45, 2.75) is 65.3 Å². The summed E-state index contributed by atoms with van der Waals surface area (Å²) < 4.78 is 0. The van der Waals surface area contributed by atoms with E-state index in [-0.39, 0.29) is 16.9 Å². The molecule has 33 heavy (non-hydrogen) atoms. The third kappa shape index (κ3) is 5.73. The number of rotatable bonds is 5. The van der Waals surface area contributed by atoms with E-state index in [1.165, 1.54) is 16.8 Å². The maximum absolute atomic E-state index is 11.3. The molecular weight excluding hydrogens is 406 g/mol. The lowest BCUT2D eigenvalue weighted by Crippen LogP contribution is -2.47. The van der Waals surface area contributed by atoms with Crippen molar-refractivity contribution in [1.82, 2.24) is 9.80 Å². The van der Waals surface area contributed by atoms with Crippen LogP contribution >= 0.6 is 0 Å². The molecule has 4 heteroatoms. The van der Waals surface area contributed by atoms with E-state index in [4.69, 9.17) is 0 Å². The number of hydrogen-bond acceptors (Lipinski definition) is 4. The maximum atomic E-state index is 11.3. The third-order valence-electron chi connectivity index (χ3n) is 7.01. The third-order valence-corrected chi connectivity index (χ3v) is 7.01. The van der Waals surface area contributed by atoms with Gasteiger partial charge in [0.15, 0.2) is 0 Å². The Morgan fingerprint density at radius 2 is 1.30 bits per heavy atom. The standard InChI is InChI=1S/C29H45N3O/c1-10-31-15-17-32(18-16-31)26(21-11-13-23(14-12-21)30(8)9)22-19-24(28(2,3)4)27(33)25(20-22)29(5,6)7/h11-14,19-20,26,33H,10,15-18H2,1-9H3/t26-/m1/s1. The lowest BCUT2D eigenvalue weighted by molar-refractivity contribution is 0.113. The fraction of sp³-hybridized carbons (Fsp3) is 0.586. The molecule has 0 bridgehead atoms. The van der Waals surface area contributed by atoms with Crippen LogP contribution in [-0.2, 0) is 10.8 Å². The number of anilines is 1. The van der Waals surface area contributed by atoms with Gasteiger partial charge < -0.3 is 14.9 Å². The van der Waals surface area contributed by atoms with Crippen LogP contribution < -0.4 is 4.90 Å². The van der Waals surface area contributed by atoms with Crippen LogP contribution in [0, 0.1) is 0 Å². The van der Waals surface area contributed by atoms with Gasteiger partial charge >= 0.3 is 0 Å². The monoisotopic (exact) mass is 451 g/mol. The second-order valence-electron chi connectivity index (χ2n) is 11.8. The largest absolute Gasteiger partial charge is 0.507 e. The van der Waals surface area contributed by atoms with Gasteiger partial charge in [-0.25, -0.2) is 0 Å². The first kappa shape index (κ1) is 25.6. The molecule has 0 aliphatic carbocycles. The van der Waals surface area contributed by atoms with Crippen molar-refractivity contribution in [2.24, 2.45) is 0 Å². The highest BCUT2D eigenvalue weighted by Gasteiger charge is 2.31. The Bertz CT molecular complexity index is 892. The fourth-order valence-corrected chi connectivity index (χ4v) is 4.86. The van der Waals surface area contributed by atoms with E-state index in [2.05, 4.69) is 114 Å². The number of piperazine rings is 1. The van der Waals surface area contributed by atoms with Crippen molar-refractivity contribution in [3.8, 4) is 5.75 Å². The maximum Gasteiger partial charge on any atom is 0.123 e. The molecule has 0 amide bonds.